The summed E-state index contributed by atoms with van der Waals surface area (Å²) >= 11 is 0. The van der Waals surface area contributed by atoms with Crippen molar-refractivity contribution in [2.45, 2.75) is 117 Å². The fourth-order valence-electron chi connectivity index (χ4n) is 10.9. The van der Waals surface area contributed by atoms with Gasteiger partial charge in [-0.3, -0.25) is 14.4 Å². The van der Waals surface area contributed by atoms with Crippen LogP contribution in [0.3, 0.4) is 0 Å². The highest BCUT2D eigenvalue weighted by atomic mass is 16.5. The van der Waals surface area contributed by atoms with Crippen LogP contribution in [-0.2, 0) is 25.7 Å². The van der Waals surface area contributed by atoms with E-state index in [1.807, 2.05) is 35.2 Å². The summed E-state index contributed by atoms with van der Waals surface area (Å²) < 4.78 is 4.87. The highest BCUT2D eigenvalue weighted by Gasteiger charge is 2.69. The second-order valence-electron chi connectivity index (χ2n) is 15.4. The Kier molecular flexibility index (Phi) is 9.35. The molecule has 1 heterocycles. The summed E-state index contributed by atoms with van der Waals surface area (Å²) in [5, 5.41) is 2.95. The maximum atomic E-state index is 14.5. The molecule has 8 atom stereocenters. The molecule has 0 radical (unpaired) electrons. The lowest BCUT2D eigenvalue weighted by Crippen LogP contribution is -2.75. The van der Waals surface area contributed by atoms with Crippen LogP contribution in [-0.4, -0.2) is 41.9 Å². The summed E-state index contributed by atoms with van der Waals surface area (Å²) in [5.41, 5.74) is 0.0455. The molecule has 6 nitrogen and oxygen atoms in total. The Balaban J connectivity index is 1.45. The third kappa shape index (κ3) is 5.54. The Morgan fingerprint density at radius 2 is 1.72 bits per heavy atom. The summed E-state index contributed by atoms with van der Waals surface area (Å²) in [4.78, 5) is 42.3. The van der Waals surface area contributed by atoms with E-state index in [2.05, 4.69) is 39.9 Å². The van der Waals surface area contributed by atoms with E-state index in [1.165, 1.54) is 45.6 Å². The first-order valence-electron chi connectivity index (χ1n) is 17.2. The molecule has 1 saturated heterocycles. The van der Waals surface area contributed by atoms with E-state index < -0.39 is 11.5 Å². The largest absolute Gasteiger partial charge is 0.468 e. The molecule has 1 N–H and O–H groups in total. The molecule has 5 rings (SSSR count). The van der Waals surface area contributed by atoms with Gasteiger partial charge in [0.2, 0.25) is 11.8 Å². The molecule has 4 fully saturated rings. The number of esters is 1. The highest BCUT2D eigenvalue weighted by Crippen LogP contribution is 2.69. The zero-order valence-corrected chi connectivity index (χ0v) is 27.6. The van der Waals surface area contributed by atoms with Crippen molar-refractivity contribution in [1.82, 2.24) is 10.2 Å². The molecule has 4 aliphatic rings. The van der Waals surface area contributed by atoms with Crippen LogP contribution in [0.25, 0.3) is 0 Å². The molecule has 0 spiro atoms. The minimum Gasteiger partial charge on any atom is -0.468 e. The number of carbonyl (C=O) groups is 3. The SMILES string of the molecule is COC(=O)CNC(=O)[C@]12CC[C@H]3[C@@H]4CC[C@H]([C@H](C)CCCC(C)C)[C@@]4(C)CC[C@@H]3[C@@]1(C)CCC(=O)N2Cc1ccccc1. The molecule has 0 aromatic heterocycles. The Bertz CT molecular complexity index is 1170. The number of piperidine rings is 1. The number of likely N-dealkylation sites (tertiary alicyclic amines) is 1. The van der Waals surface area contributed by atoms with Crippen LogP contribution in [0.1, 0.15) is 111 Å². The van der Waals surface area contributed by atoms with Gasteiger partial charge in [-0.1, -0.05) is 84.2 Å². The van der Waals surface area contributed by atoms with Crippen molar-refractivity contribution in [1.29, 1.82) is 0 Å². The summed E-state index contributed by atoms with van der Waals surface area (Å²) in [6.45, 7) is 12.3. The number of fused-ring (bicyclic) bond motifs is 5. The Hall–Kier alpha value is -2.37. The van der Waals surface area contributed by atoms with E-state index >= 15 is 0 Å². The van der Waals surface area contributed by atoms with Crippen LogP contribution >= 0.6 is 0 Å². The number of rotatable bonds is 10. The number of nitrogens with zero attached hydrogens (tertiary/aromatic N) is 1. The van der Waals surface area contributed by atoms with E-state index in [-0.39, 0.29) is 23.8 Å². The van der Waals surface area contributed by atoms with Crippen LogP contribution in [0, 0.1) is 46.3 Å². The van der Waals surface area contributed by atoms with E-state index in [4.69, 9.17) is 4.74 Å². The number of methoxy groups -OCH3 is 1. The molecule has 1 aromatic carbocycles. The van der Waals surface area contributed by atoms with E-state index in [0.717, 1.165) is 42.6 Å². The summed E-state index contributed by atoms with van der Waals surface area (Å²) in [6, 6.07) is 10.0. The average Bonchev–Trinajstić information content (AvgIpc) is 3.35. The van der Waals surface area contributed by atoms with Crippen LogP contribution < -0.4 is 5.32 Å². The smallest absolute Gasteiger partial charge is 0.325 e. The number of ether oxygens (including phenoxy) is 1. The minimum absolute atomic E-state index is 0.0461. The number of hydrogen-bond acceptors (Lipinski definition) is 4. The second kappa shape index (κ2) is 12.6. The number of nitrogens with one attached hydrogen (secondary N) is 1. The first kappa shape index (κ1) is 32.0. The standard InChI is InChI=1S/C37H56N2O4/c1-25(2)11-10-12-26(3)29-15-16-30-28-17-22-37(34(42)38-23-33(41)43-6)36(5,31(28)18-20-35(29,30)4)21-19-32(40)39(37)24-27-13-8-7-9-14-27/h7-9,13-14,25-26,28-31H,10-12,15-24H2,1-6H3,(H,38,42)/t26-,28+,29-,30+,31+,35-,36-,37-/m1/s1. The predicted octanol–water partition coefficient (Wildman–Crippen LogP) is 7.16. The fraction of sp³-hybridized carbons (Fsp3) is 0.757. The van der Waals surface area contributed by atoms with E-state index in [1.54, 1.807) is 0 Å². The topological polar surface area (TPSA) is 75.7 Å². The molecule has 2 amide bonds. The van der Waals surface area contributed by atoms with Crippen LogP contribution in [0.4, 0.5) is 0 Å². The van der Waals surface area contributed by atoms with Gasteiger partial charge in [0.25, 0.3) is 0 Å². The zero-order chi connectivity index (χ0) is 31.0. The number of amides is 2. The quantitative estimate of drug-likeness (QED) is 0.293. The van der Waals surface area contributed by atoms with Crippen molar-refractivity contribution >= 4 is 17.8 Å². The lowest BCUT2D eigenvalue weighted by Gasteiger charge is -2.66. The normalized spacial score (nSPS) is 36.0. The first-order chi connectivity index (χ1) is 20.5. The summed E-state index contributed by atoms with van der Waals surface area (Å²) in [6.07, 6.45) is 11.7. The third-order valence-corrected chi connectivity index (χ3v) is 13.0. The van der Waals surface area contributed by atoms with Crippen molar-refractivity contribution < 1.29 is 19.1 Å². The van der Waals surface area contributed by atoms with Gasteiger partial charge >= 0.3 is 5.97 Å². The van der Waals surface area contributed by atoms with Crippen molar-refractivity contribution in [2.75, 3.05) is 13.7 Å². The monoisotopic (exact) mass is 592 g/mol. The molecule has 0 bridgehead atoms. The Morgan fingerprint density at radius 3 is 2.42 bits per heavy atom. The number of hydrogen-bond donors (Lipinski definition) is 1. The van der Waals surface area contributed by atoms with E-state index in [0.29, 0.717) is 42.6 Å². The molecule has 1 aliphatic heterocycles. The average molecular weight is 593 g/mol. The fourth-order valence-corrected chi connectivity index (χ4v) is 10.9. The predicted molar refractivity (Wildman–Crippen MR) is 170 cm³/mol. The maximum absolute atomic E-state index is 14.5. The molecule has 3 saturated carbocycles. The van der Waals surface area contributed by atoms with Crippen LogP contribution in [0.15, 0.2) is 30.3 Å². The van der Waals surface area contributed by atoms with Gasteiger partial charge in [0.15, 0.2) is 0 Å². The maximum Gasteiger partial charge on any atom is 0.325 e. The van der Waals surface area contributed by atoms with Gasteiger partial charge in [-0.2, -0.15) is 0 Å². The molecule has 6 heteroatoms. The number of carbonyl (C=O) groups excluding carboxylic acids is 3. The van der Waals surface area contributed by atoms with Crippen LogP contribution in [0.5, 0.6) is 0 Å². The lowest BCUT2D eigenvalue weighted by molar-refractivity contribution is -0.198. The van der Waals surface area contributed by atoms with Crippen molar-refractivity contribution in [2.24, 2.45) is 46.3 Å². The van der Waals surface area contributed by atoms with Crippen LogP contribution in [0.2, 0.25) is 0 Å². The minimum atomic E-state index is -0.983. The first-order valence-corrected chi connectivity index (χ1v) is 17.2. The third-order valence-electron chi connectivity index (χ3n) is 13.0. The Morgan fingerprint density at radius 1 is 0.977 bits per heavy atom. The molecule has 43 heavy (non-hydrogen) atoms. The van der Waals surface area contributed by atoms with E-state index in [9.17, 15) is 14.4 Å². The van der Waals surface area contributed by atoms with Gasteiger partial charge in [0.05, 0.1) is 7.11 Å². The lowest BCUT2D eigenvalue weighted by atomic mass is 9.42. The molecular weight excluding hydrogens is 536 g/mol. The van der Waals surface area contributed by atoms with Gasteiger partial charge in [0.1, 0.15) is 12.1 Å². The summed E-state index contributed by atoms with van der Waals surface area (Å²) in [5.74, 6) is 3.32. The molecular formula is C37H56N2O4. The molecule has 238 valence electrons. The summed E-state index contributed by atoms with van der Waals surface area (Å²) in [7, 11) is 1.34. The van der Waals surface area contributed by atoms with Crippen molar-refractivity contribution in [3.63, 3.8) is 0 Å². The van der Waals surface area contributed by atoms with Crippen molar-refractivity contribution in [3.05, 3.63) is 35.9 Å². The zero-order valence-electron chi connectivity index (χ0n) is 27.6. The second-order valence-corrected chi connectivity index (χ2v) is 15.4. The van der Waals surface area contributed by atoms with Gasteiger partial charge in [0, 0.05) is 18.4 Å². The highest BCUT2D eigenvalue weighted by molar-refractivity contribution is 5.95. The van der Waals surface area contributed by atoms with Crippen molar-refractivity contribution in [3.8, 4) is 0 Å². The number of benzene rings is 1. The molecule has 0 unspecified atom stereocenters. The molecule has 1 aromatic rings. The van der Waals surface area contributed by atoms with Gasteiger partial charge in [-0.15, -0.1) is 0 Å². The Labute approximate surface area is 260 Å². The molecule has 3 aliphatic carbocycles. The van der Waals surface area contributed by atoms with Gasteiger partial charge in [-0.25, -0.2) is 0 Å². The van der Waals surface area contributed by atoms with Gasteiger partial charge < -0.3 is 15.0 Å². The van der Waals surface area contributed by atoms with Gasteiger partial charge in [-0.05, 0) is 91.4 Å².